The van der Waals surface area contributed by atoms with Gasteiger partial charge in [-0.2, -0.15) is 0 Å². The molecule has 0 radical (unpaired) electrons. The normalized spacial score (nSPS) is 27.5. The molecule has 1 N–H and O–H groups in total. The first-order valence-electron chi connectivity index (χ1n) is 15.4. The molecule has 6 atom stereocenters. The first-order valence-corrected chi connectivity index (χ1v) is 16.2. The van der Waals surface area contributed by atoms with Gasteiger partial charge in [-0.3, -0.25) is 14.4 Å². The fraction of sp³-hybridized carbons (Fsp3) is 0.457. The molecule has 3 amide bonds. The molecule has 3 saturated heterocycles. The van der Waals surface area contributed by atoms with E-state index in [0.717, 1.165) is 12.0 Å². The van der Waals surface area contributed by atoms with Crippen molar-refractivity contribution in [3.8, 4) is 5.75 Å². The van der Waals surface area contributed by atoms with Gasteiger partial charge in [0.1, 0.15) is 11.8 Å². The fourth-order valence-corrected chi connectivity index (χ4v) is 9.99. The Morgan fingerprint density at radius 1 is 1.09 bits per heavy atom. The quantitative estimate of drug-likeness (QED) is 0.323. The molecule has 3 fully saturated rings. The lowest BCUT2D eigenvalue weighted by Gasteiger charge is -2.39. The van der Waals surface area contributed by atoms with Gasteiger partial charge in [-0.05, 0) is 56.0 Å². The van der Waals surface area contributed by atoms with Crippen LogP contribution in [0.3, 0.4) is 0 Å². The molecule has 2 aromatic rings. The predicted molar refractivity (Wildman–Crippen MR) is 174 cm³/mol. The molecule has 234 valence electrons. The van der Waals surface area contributed by atoms with Crippen LogP contribution in [-0.2, 0) is 14.4 Å². The lowest BCUT2D eigenvalue weighted by molar-refractivity contribution is -0.146. The van der Waals surface area contributed by atoms with Crippen LogP contribution in [0.4, 0.5) is 5.69 Å². The zero-order valence-electron chi connectivity index (χ0n) is 25.9. The van der Waals surface area contributed by atoms with Crippen molar-refractivity contribution in [1.82, 2.24) is 9.80 Å². The second-order valence-electron chi connectivity index (χ2n) is 12.1. The van der Waals surface area contributed by atoms with Crippen LogP contribution >= 0.6 is 11.8 Å². The molecule has 3 aliphatic heterocycles. The Morgan fingerprint density at radius 3 is 2.36 bits per heavy atom. The van der Waals surface area contributed by atoms with E-state index in [-0.39, 0.29) is 30.9 Å². The summed E-state index contributed by atoms with van der Waals surface area (Å²) in [4.78, 5) is 49.3. The number of fused-ring (bicyclic) bond motifs is 1. The Kier molecular flexibility index (Phi) is 9.28. The second kappa shape index (κ2) is 12.8. The average Bonchev–Trinajstić information content (AvgIpc) is 3.61. The molecule has 1 spiro atoms. The number of ether oxygens (including phenoxy) is 1. The van der Waals surface area contributed by atoms with Crippen molar-refractivity contribution in [3.05, 3.63) is 85.5 Å². The standard InChI is InChI=1S/C35H43N3O5S/c1-6-20-36(21-7-2)31(40)28-29-32(41)38(27(23-39)24-12-10-9-11-13-24)30(35(29)19-18-34(28,4)44-35)33(42)37(22-8-3)25-14-16-26(43-5)17-15-25/h6,8-17,27-30,39H,1,3,7,18-23H2,2,4-5H3/t27-,28-,29+,30?,34+,35?/m1/s1. The van der Waals surface area contributed by atoms with Crippen LogP contribution in [0, 0.1) is 11.8 Å². The fourth-order valence-electron chi connectivity index (χ4n) is 7.66. The van der Waals surface area contributed by atoms with Gasteiger partial charge >= 0.3 is 0 Å². The molecule has 3 heterocycles. The summed E-state index contributed by atoms with van der Waals surface area (Å²) in [5.41, 5.74) is 1.39. The van der Waals surface area contributed by atoms with E-state index in [9.17, 15) is 19.5 Å². The first kappa shape index (κ1) is 31.9. The number of hydrogen-bond acceptors (Lipinski definition) is 6. The van der Waals surface area contributed by atoms with Crippen LogP contribution < -0.4 is 9.64 Å². The number of hydrogen-bond donors (Lipinski definition) is 1. The number of thioether (sulfide) groups is 1. The maximum Gasteiger partial charge on any atom is 0.251 e. The zero-order chi connectivity index (χ0) is 31.6. The lowest BCUT2D eigenvalue weighted by atomic mass is 9.66. The maximum atomic E-state index is 15.0. The molecule has 2 unspecified atom stereocenters. The number of aliphatic hydroxyl groups is 1. The van der Waals surface area contributed by atoms with E-state index in [2.05, 4.69) is 20.1 Å². The van der Waals surface area contributed by atoms with Gasteiger partial charge in [-0.15, -0.1) is 24.9 Å². The Balaban J connectivity index is 1.65. The third-order valence-electron chi connectivity index (χ3n) is 9.52. The van der Waals surface area contributed by atoms with Crippen molar-refractivity contribution in [3.63, 3.8) is 0 Å². The number of anilines is 1. The van der Waals surface area contributed by atoms with E-state index < -0.39 is 33.4 Å². The molecule has 8 nitrogen and oxygen atoms in total. The number of rotatable bonds is 13. The largest absolute Gasteiger partial charge is 0.497 e. The predicted octanol–water partition coefficient (Wildman–Crippen LogP) is 4.85. The van der Waals surface area contributed by atoms with E-state index in [1.807, 2.05) is 49.4 Å². The Morgan fingerprint density at radius 2 is 1.77 bits per heavy atom. The molecule has 44 heavy (non-hydrogen) atoms. The minimum atomic E-state index is -0.900. The van der Waals surface area contributed by atoms with Gasteiger partial charge in [0.15, 0.2) is 0 Å². The smallest absolute Gasteiger partial charge is 0.251 e. The van der Waals surface area contributed by atoms with Gasteiger partial charge in [0.05, 0.1) is 36.3 Å². The highest BCUT2D eigenvalue weighted by molar-refractivity contribution is 8.02. The third-order valence-corrected chi connectivity index (χ3v) is 11.5. The number of methoxy groups -OCH3 is 1. The van der Waals surface area contributed by atoms with Crippen molar-refractivity contribution in [2.24, 2.45) is 11.8 Å². The summed E-state index contributed by atoms with van der Waals surface area (Å²) in [6, 6.07) is 14.9. The maximum absolute atomic E-state index is 15.0. The number of aliphatic hydroxyl groups excluding tert-OH is 1. The summed E-state index contributed by atoms with van der Waals surface area (Å²) < 4.78 is 4.01. The summed E-state index contributed by atoms with van der Waals surface area (Å²) in [6.07, 6.45) is 5.51. The summed E-state index contributed by atoms with van der Waals surface area (Å²) in [5.74, 6) is -1.19. The van der Waals surface area contributed by atoms with Gasteiger partial charge in [-0.25, -0.2) is 0 Å². The summed E-state index contributed by atoms with van der Waals surface area (Å²) in [6.45, 7) is 12.7. The van der Waals surface area contributed by atoms with Crippen molar-refractivity contribution >= 4 is 35.2 Å². The van der Waals surface area contributed by atoms with Crippen molar-refractivity contribution < 1.29 is 24.2 Å². The molecule has 3 aliphatic rings. The molecule has 9 heteroatoms. The van der Waals surface area contributed by atoms with E-state index in [1.54, 1.807) is 57.9 Å². The van der Waals surface area contributed by atoms with E-state index in [0.29, 0.717) is 37.4 Å². The van der Waals surface area contributed by atoms with E-state index in [4.69, 9.17) is 4.74 Å². The van der Waals surface area contributed by atoms with Crippen LogP contribution in [0.1, 0.15) is 44.7 Å². The number of likely N-dealkylation sites (tertiary alicyclic amines) is 1. The Labute approximate surface area is 264 Å². The Hall–Kier alpha value is -3.56. The van der Waals surface area contributed by atoms with Crippen molar-refractivity contribution in [1.29, 1.82) is 0 Å². The highest BCUT2D eigenvalue weighted by Crippen LogP contribution is 2.72. The van der Waals surface area contributed by atoms with Gasteiger partial charge in [0.2, 0.25) is 11.8 Å². The number of carbonyl (C=O) groups is 3. The number of nitrogens with zero attached hydrogens (tertiary/aromatic N) is 3. The molecule has 2 aromatic carbocycles. The Bertz CT molecular complexity index is 1400. The summed E-state index contributed by atoms with van der Waals surface area (Å²) in [5, 5.41) is 10.8. The number of carbonyl (C=O) groups excluding carboxylic acids is 3. The van der Waals surface area contributed by atoms with Crippen molar-refractivity contribution in [2.45, 2.75) is 54.7 Å². The molecule has 2 bridgehead atoms. The van der Waals surface area contributed by atoms with Crippen LogP contribution in [0.15, 0.2) is 79.9 Å². The van der Waals surface area contributed by atoms with Crippen LogP contribution in [0.5, 0.6) is 5.75 Å². The minimum absolute atomic E-state index is 0.0620. The SMILES string of the molecule is C=CCN(CCC)C(=O)[C@H]1[C@H]2C(=O)N([C@H](CO)c3ccccc3)C(C(=O)N(CC=C)c3ccc(OC)cc3)C23CC[C@]1(C)S3. The summed E-state index contributed by atoms with van der Waals surface area (Å²) >= 11 is 1.63. The third kappa shape index (κ3) is 5.13. The lowest BCUT2D eigenvalue weighted by Crippen LogP contribution is -2.56. The highest BCUT2D eigenvalue weighted by Gasteiger charge is 2.78. The molecule has 0 saturated carbocycles. The number of amides is 3. The van der Waals surface area contributed by atoms with Crippen molar-refractivity contribution in [2.75, 3.05) is 38.3 Å². The zero-order valence-corrected chi connectivity index (χ0v) is 26.7. The van der Waals surface area contributed by atoms with Crippen LogP contribution in [0.25, 0.3) is 0 Å². The van der Waals surface area contributed by atoms with Gasteiger partial charge < -0.3 is 24.5 Å². The molecule has 0 aliphatic carbocycles. The molecular formula is C35H43N3O5S. The molecule has 0 aromatic heterocycles. The minimum Gasteiger partial charge on any atom is -0.497 e. The molecule has 5 rings (SSSR count). The van der Waals surface area contributed by atoms with E-state index in [1.165, 1.54) is 0 Å². The second-order valence-corrected chi connectivity index (χ2v) is 14.0. The first-order chi connectivity index (χ1) is 21.2. The van der Waals surface area contributed by atoms with Gasteiger partial charge in [-0.1, -0.05) is 49.4 Å². The van der Waals surface area contributed by atoms with Crippen LogP contribution in [-0.4, -0.2) is 81.5 Å². The van der Waals surface area contributed by atoms with Crippen LogP contribution in [0.2, 0.25) is 0 Å². The topological polar surface area (TPSA) is 90.4 Å². The monoisotopic (exact) mass is 617 g/mol. The average molecular weight is 618 g/mol. The van der Waals surface area contributed by atoms with Gasteiger partial charge in [0, 0.05) is 30.1 Å². The summed E-state index contributed by atoms with van der Waals surface area (Å²) in [7, 11) is 1.59. The number of benzene rings is 2. The van der Waals surface area contributed by atoms with Gasteiger partial charge in [0.25, 0.3) is 5.91 Å². The van der Waals surface area contributed by atoms with E-state index >= 15 is 0 Å². The highest BCUT2D eigenvalue weighted by atomic mass is 32.2. The molecular weight excluding hydrogens is 574 g/mol.